The highest BCUT2D eigenvalue weighted by atomic mass is 32.2. The molecule has 162 valence electrons. The van der Waals surface area contributed by atoms with Crippen LogP contribution in [0.5, 0.6) is 0 Å². The summed E-state index contributed by atoms with van der Waals surface area (Å²) < 4.78 is 7.88. The van der Waals surface area contributed by atoms with E-state index in [0.29, 0.717) is 17.9 Å². The number of thioether (sulfide) groups is 1. The van der Waals surface area contributed by atoms with Gasteiger partial charge >= 0.3 is 10.8 Å². The molecule has 3 aromatic rings. The van der Waals surface area contributed by atoms with Crippen molar-refractivity contribution in [1.29, 1.82) is 0 Å². The predicted molar refractivity (Wildman–Crippen MR) is 119 cm³/mol. The summed E-state index contributed by atoms with van der Waals surface area (Å²) in [5.74, 6) is -0.523. The molecule has 0 bridgehead atoms. The molecule has 0 amide bonds. The number of aromatic amines is 1. The van der Waals surface area contributed by atoms with Gasteiger partial charge in [0, 0.05) is 0 Å². The van der Waals surface area contributed by atoms with Crippen molar-refractivity contribution in [3.8, 4) is 0 Å². The first-order valence-electron chi connectivity index (χ1n) is 9.90. The number of hydrogen-bond donors (Lipinski definition) is 3. The van der Waals surface area contributed by atoms with E-state index in [9.17, 15) is 19.5 Å². The number of H-pyrrole nitrogens is 1. The average Bonchev–Trinajstić information content (AvgIpc) is 3.36. The summed E-state index contributed by atoms with van der Waals surface area (Å²) in [6, 6.07) is 5.25. The Bertz CT molecular complexity index is 1310. The number of ether oxygens (including phenoxy) is 1. The van der Waals surface area contributed by atoms with Crippen molar-refractivity contribution in [3.05, 3.63) is 54.9 Å². The third-order valence-electron chi connectivity index (χ3n) is 5.64. The van der Waals surface area contributed by atoms with Gasteiger partial charge in [-0.15, -0.1) is 11.8 Å². The van der Waals surface area contributed by atoms with Gasteiger partial charge in [-0.05, 0) is 49.3 Å². The molecular weight excluding hydrogens is 440 g/mol. The number of anilines is 1. The van der Waals surface area contributed by atoms with E-state index < -0.39 is 23.2 Å². The number of carboxylic acids is 1. The molecule has 1 aliphatic carbocycles. The zero-order valence-electron chi connectivity index (χ0n) is 16.5. The van der Waals surface area contributed by atoms with Gasteiger partial charge in [0.05, 0.1) is 10.8 Å². The number of fused-ring (bicyclic) bond motifs is 1. The zero-order valence-corrected chi connectivity index (χ0v) is 18.2. The van der Waals surface area contributed by atoms with Crippen LogP contribution in [0.1, 0.15) is 52.9 Å². The SMILES string of the molecule is C[C@@H]1S[C@@H](c2cccc(C(=O)O)c2CC2CC2)OC1n1c(=O)sc2c(=O)[nH]c(N)nc21. The van der Waals surface area contributed by atoms with Gasteiger partial charge in [0.25, 0.3) is 5.56 Å². The first-order valence-corrected chi connectivity index (χ1v) is 11.7. The number of hydrogen-bond acceptors (Lipinski definition) is 8. The Labute approximate surface area is 184 Å². The Morgan fingerprint density at radius 2 is 2.16 bits per heavy atom. The monoisotopic (exact) mass is 460 g/mol. The molecule has 1 aromatic carbocycles. The fourth-order valence-corrected chi connectivity index (χ4v) is 6.08. The van der Waals surface area contributed by atoms with Crippen LogP contribution in [0.4, 0.5) is 5.95 Å². The first-order chi connectivity index (χ1) is 14.8. The van der Waals surface area contributed by atoms with E-state index in [2.05, 4.69) is 9.97 Å². The van der Waals surface area contributed by atoms with Crippen LogP contribution in [0.25, 0.3) is 10.3 Å². The van der Waals surface area contributed by atoms with E-state index in [1.807, 2.05) is 13.0 Å². The summed E-state index contributed by atoms with van der Waals surface area (Å²) in [5, 5.41) is 9.55. The van der Waals surface area contributed by atoms with Gasteiger partial charge in [0.15, 0.2) is 11.9 Å². The molecule has 3 heterocycles. The first kappa shape index (κ1) is 20.3. The molecule has 3 atom stereocenters. The average molecular weight is 461 g/mol. The minimum Gasteiger partial charge on any atom is -0.478 e. The normalized spacial score (nSPS) is 23.5. The van der Waals surface area contributed by atoms with E-state index in [4.69, 9.17) is 10.5 Å². The van der Waals surface area contributed by atoms with Gasteiger partial charge in [0.2, 0.25) is 5.95 Å². The number of nitrogen functional groups attached to an aromatic ring is 1. The number of carboxylic acid groups (broad SMARTS) is 1. The fraction of sp³-hybridized carbons (Fsp3) is 0.400. The fourth-order valence-electron chi connectivity index (χ4n) is 3.98. The third kappa shape index (κ3) is 3.56. The van der Waals surface area contributed by atoms with Crippen molar-refractivity contribution in [2.75, 3.05) is 5.73 Å². The van der Waals surface area contributed by atoms with Crippen LogP contribution < -0.4 is 16.2 Å². The molecule has 0 radical (unpaired) electrons. The molecule has 0 spiro atoms. The lowest BCUT2D eigenvalue weighted by Gasteiger charge is -2.18. The largest absolute Gasteiger partial charge is 0.478 e. The molecule has 2 aliphatic rings. The number of benzene rings is 1. The predicted octanol–water partition coefficient (Wildman–Crippen LogP) is 2.73. The molecule has 11 heteroatoms. The molecule has 31 heavy (non-hydrogen) atoms. The van der Waals surface area contributed by atoms with Crippen molar-refractivity contribution in [3.63, 3.8) is 0 Å². The maximum Gasteiger partial charge on any atom is 0.335 e. The highest BCUT2D eigenvalue weighted by Gasteiger charge is 2.39. The van der Waals surface area contributed by atoms with Crippen LogP contribution in [-0.4, -0.2) is 30.9 Å². The molecule has 5 rings (SSSR count). The van der Waals surface area contributed by atoms with Crippen LogP contribution in [0.3, 0.4) is 0 Å². The molecule has 1 saturated carbocycles. The second-order valence-corrected chi connectivity index (χ2v) is 10.3. The van der Waals surface area contributed by atoms with Crippen LogP contribution >= 0.6 is 23.1 Å². The van der Waals surface area contributed by atoms with Gasteiger partial charge in [0.1, 0.15) is 10.1 Å². The highest BCUT2D eigenvalue weighted by molar-refractivity contribution is 8.00. The van der Waals surface area contributed by atoms with Crippen molar-refractivity contribution in [2.45, 2.75) is 43.1 Å². The summed E-state index contributed by atoms with van der Waals surface area (Å²) in [7, 11) is 0. The van der Waals surface area contributed by atoms with Gasteiger partial charge in [-0.25, -0.2) is 4.79 Å². The van der Waals surface area contributed by atoms with Gasteiger partial charge in [-0.1, -0.05) is 23.5 Å². The molecule has 9 nitrogen and oxygen atoms in total. The second kappa shape index (κ2) is 7.50. The van der Waals surface area contributed by atoms with Gasteiger partial charge in [-0.2, -0.15) is 4.98 Å². The van der Waals surface area contributed by atoms with Crippen molar-refractivity contribution < 1.29 is 14.6 Å². The van der Waals surface area contributed by atoms with Crippen LogP contribution in [0.15, 0.2) is 27.8 Å². The maximum absolute atomic E-state index is 12.7. The topological polar surface area (TPSA) is 140 Å². The van der Waals surface area contributed by atoms with Crippen LogP contribution in [0, 0.1) is 5.92 Å². The number of nitrogens with zero attached hydrogens (tertiary/aromatic N) is 2. The molecule has 1 unspecified atom stereocenters. The number of rotatable bonds is 5. The number of carbonyl (C=O) groups is 1. The van der Waals surface area contributed by atoms with E-state index in [-0.39, 0.29) is 26.4 Å². The van der Waals surface area contributed by atoms with Crippen molar-refractivity contribution in [1.82, 2.24) is 14.5 Å². The number of aromatic nitrogens is 3. The number of thiazole rings is 1. The van der Waals surface area contributed by atoms with E-state index >= 15 is 0 Å². The molecule has 2 fully saturated rings. The molecular formula is C20H20N4O5S2. The summed E-state index contributed by atoms with van der Waals surface area (Å²) in [4.78, 5) is 42.9. The third-order valence-corrected chi connectivity index (χ3v) is 7.85. The van der Waals surface area contributed by atoms with E-state index in [1.165, 1.54) is 16.3 Å². The Morgan fingerprint density at radius 1 is 1.39 bits per heavy atom. The highest BCUT2D eigenvalue weighted by Crippen LogP contribution is 2.50. The van der Waals surface area contributed by atoms with Gasteiger partial charge in [-0.3, -0.25) is 19.1 Å². The van der Waals surface area contributed by atoms with E-state index in [0.717, 1.165) is 35.3 Å². The lowest BCUT2D eigenvalue weighted by Crippen LogP contribution is -2.25. The Kier molecular flexibility index (Phi) is 4.91. The van der Waals surface area contributed by atoms with Crippen LogP contribution in [-0.2, 0) is 11.2 Å². The number of aromatic carboxylic acids is 1. The molecule has 1 saturated heterocycles. The maximum atomic E-state index is 12.7. The molecule has 2 aromatic heterocycles. The summed E-state index contributed by atoms with van der Waals surface area (Å²) in [5.41, 5.74) is 6.91. The smallest absolute Gasteiger partial charge is 0.335 e. The standard InChI is InChI=1S/C20H20N4O5S2/c1-8-16(24-14-13(31-20(24)28)15(25)23-19(21)22-14)29-18(30-8)11-4-2-3-10(17(26)27)12(11)7-9-5-6-9/h2-4,8-9,16,18H,5-7H2,1H3,(H,26,27)(H3,21,22,23,25)/t8-,16?,18-/m0/s1. The minimum atomic E-state index is -0.955. The summed E-state index contributed by atoms with van der Waals surface area (Å²) in [6.07, 6.45) is 2.24. The number of nitrogens with two attached hydrogens (primary N) is 1. The summed E-state index contributed by atoms with van der Waals surface area (Å²) >= 11 is 2.32. The number of nitrogens with one attached hydrogen (secondary N) is 1. The molecule has 1 aliphatic heterocycles. The van der Waals surface area contributed by atoms with Gasteiger partial charge < -0.3 is 15.6 Å². The lowest BCUT2D eigenvalue weighted by atomic mass is 9.96. The van der Waals surface area contributed by atoms with Crippen molar-refractivity contribution in [2.24, 2.45) is 5.92 Å². The lowest BCUT2D eigenvalue weighted by molar-refractivity contribution is 0.00672. The quantitative estimate of drug-likeness (QED) is 0.528. The Hall–Kier alpha value is -2.63. The minimum absolute atomic E-state index is 0.0696. The zero-order chi connectivity index (χ0) is 21.9. The summed E-state index contributed by atoms with van der Waals surface area (Å²) in [6.45, 7) is 1.93. The van der Waals surface area contributed by atoms with Crippen LogP contribution in [0.2, 0.25) is 0 Å². The Balaban J connectivity index is 1.56. The molecule has 4 N–H and O–H groups in total. The van der Waals surface area contributed by atoms with E-state index in [1.54, 1.807) is 12.1 Å². The second-order valence-electron chi connectivity index (χ2n) is 7.87. The Morgan fingerprint density at radius 3 is 2.87 bits per heavy atom. The van der Waals surface area contributed by atoms with Crippen molar-refractivity contribution >= 4 is 45.4 Å².